The van der Waals surface area contributed by atoms with Crippen molar-refractivity contribution in [3.05, 3.63) is 0 Å². The number of rotatable bonds is 3. The molecule has 0 aliphatic heterocycles. The highest BCUT2D eigenvalue weighted by atomic mass is 19.1. The monoisotopic (exact) mass is 187 g/mol. The molecule has 13 heavy (non-hydrogen) atoms. The SMILES string of the molecule is CCC(C)CC1(F)CCC(N)CC1. The molecular formula is C11H22FN. The van der Waals surface area contributed by atoms with Crippen LogP contribution in [0.5, 0.6) is 0 Å². The lowest BCUT2D eigenvalue weighted by Crippen LogP contribution is -2.36. The van der Waals surface area contributed by atoms with Crippen molar-refractivity contribution in [2.75, 3.05) is 0 Å². The van der Waals surface area contributed by atoms with E-state index in [4.69, 9.17) is 5.73 Å². The molecule has 0 bridgehead atoms. The summed E-state index contributed by atoms with van der Waals surface area (Å²) in [5.41, 5.74) is 4.85. The van der Waals surface area contributed by atoms with E-state index in [1.54, 1.807) is 0 Å². The topological polar surface area (TPSA) is 26.0 Å². The lowest BCUT2D eigenvalue weighted by Gasteiger charge is -2.34. The second-order valence-corrected chi connectivity index (χ2v) is 4.71. The second kappa shape index (κ2) is 4.41. The van der Waals surface area contributed by atoms with Crippen LogP contribution in [0.25, 0.3) is 0 Å². The van der Waals surface area contributed by atoms with Gasteiger partial charge in [-0.15, -0.1) is 0 Å². The number of hydrogen-bond acceptors (Lipinski definition) is 1. The van der Waals surface area contributed by atoms with Gasteiger partial charge in [-0.2, -0.15) is 0 Å². The highest BCUT2D eigenvalue weighted by Gasteiger charge is 2.34. The molecule has 1 nitrogen and oxygen atoms in total. The summed E-state index contributed by atoms with van der Waals surface area (Å²) in [6.07, 6.45) is 4.91. The highest BCUT2D eigenvalue weighted by molar-refractivity contribution is 4.88. The van der Waals surface area contributed by atoms with Gasteiger partial charge in [-0.05, 0) is 38.0 Å². The Morgan fingerprint density at radius 3 is 2.46 bits per heavy atom. The Kier molecular flexibility index (Phi) is 3.72. The van der Waals surface area contributed by atoms with Gasteiger partial charge < -0.3 is 5.73 Å². The fourth-order valence-corrected chi connectivity index (χ4v) is 2.13. The van der Waals surface area contributed by atoms with Crippen LogP contribution in [0.4, 0.5) is 4.39 Å². The van der Waals surface area contributed by atoms with Crippen LogP contribution in [0.2, 0.25) is 0 Å². The molecule has 1 aliphatic rings. The molecule has 1 unspecified atom stereocenters. The van der Waals surface area contributed by atoms with Crippen molar-refractivity contribution in [1.82, 2.24) is 0 Å². The molecule has 1 rings (SSSR count). The van der Waals surface area contributed by atoms with Crippen LogP contribution in [0.1, 0.15) is 52.4 Å². The van der Waals surface area contributed by atoms with Crippen molar-refractivity contribution in [2.24, 2.45) is 11.7 Å². The molecule has 1 aliphatic carbocycles. The van der Waals surface area contributed by atoms with E-state index in [2.05, 4.69) is 13.8 Å². The number of hydrogen-bond donors (Lipinski definition) is 1. The Balaban J connectivity index is 2.38. The van der Waals surface area contributed by atoms with E-state index in [0.29, 0.717) is 18.8 Å². The van der Waals surface area contributed by atoms with Crippen molar-refractivity contribution >= 4 is 0 Å². The highest BCUT2D eigenvalue weighted by Crippen LogP contribution is 2.37. The summed E-state index contributed by atoms with van der Waals surface area (Å²) in [5, 5.41) is 0. The molecule has 0 saturated heterocycles. The van der Waals surface area contributed by atoms with Crippen LogP contribution in [-0.4, -0.2) is 11.7 Å². The molecule has 0 radical (unpaired) electrons. The number of halogens is 1. The van der Waals surface area contributed by atoms with E-state index in [-0.39, 0.29) is 6.04 Å². The molecular weight excluding hydrogens is 165 g/mol. The molecule has 0 aromatic rings. The molecule has 0 aromatic heterocycles. The zero-order valence-electron chi connectivity index (χ0n) is 8.85. The number of alkyl halides is 1. The van der Waals surface area contributed by atoms with Crippen molar-refractivity contribution in [2.45, 2.75) is 64.1 Å². The van der Waals surface area contributed by atoms with Crippen LogP contribution in [0.3, 0.4) is 0 Å². The molecule has 0 spiro atoms. The first-order valence-electron chi connectivity index (χ1n) is 5.50. The zero-order chi connectivity index (χ0) is 9.90. The summed E-state index contributed by atoms with van der Waals surface area (Å²) in [5.74, 6) is 0.513. The summed E-state index contributed by atoms with van der Waals surface area (Å²) in [6.45, 7) is 4.26. The Bertz CT molecular complexity index is 150. The van der Waals surface area contributed by atoms with E-state index in [0.717, 1.165) is 25.7 Å². The Morgan fingerprint density at radius 2 is 2.00 bits per heavy atom. The standard InChI is InChI=1S/C11H22FN/c1-3-9(2)8-11(12)6-4-10(13)5-7-11/h9-10H,3-8,13H2,1-2H3. The Morgan fingerprint density at radius 1 is 1.46 bits per heavy atom. The van der Waals surface area contributed by atoms with Crippen LogP contribution < -0.4 is 5.73 Å². The molecule has 1 atom stereocenters. The predicted octanol–water partition coefficient (Wildman–Crippen LogP) is 3.03. The molecule has 1 fully saturated rings. The van der Waals surface area contributed by atoms with E-state index in [1.165, 1.54) is 0 Å². The lowest BCUT2D eigenvalue weighted by molar-refractivity contribution is 0.0714. The van der Waals surface area contributed by atoms with Gasteiger partial charge in [0.25, 0.3) is 0 Å². The molecule has 1 saturated carbocycles. The smallest absolute Gasteiger partial charge is 0.111 e. The summed E-state index contributed by atoms with van der Waals surface area (Å²) in [4.78, 5) is 0. The van der Waals surface area contributed by atoms with Crippen LogP contribution in [0, 0.1) is 5.92 Å². The third-order valence-electron chi connectivity index (χ3n) is 3.34. The van der Waals surface area contributed by atoms with Crippen molar-refractivity contribution < 1.29 is 4.39 Å². The first-order valence-corrected chi connectivity index (χ1v) is 5.50. The van der Waals surface area contributed by atoms with Gasteiger partial charge in [-0.1, -0.05) is 20.3 Å². The minimum absolute atomic E-state index is 0.251. The van der Waals surface area contributed by atoms with Gasteiger partial charge in [0.05, 0.1) is 0 Å². The van der Waals surface area contributed by atoms with Gasteiger partial charge in [0, 0.05) is 6.04 Å². The van der Waals surface area contributed by atoms with Crippen molar-refractivity contribution in [3.63, 3.8) is 0 Å². The minimum atomic E-state index is -0.898. The average molecular weight is 187 g/mol. The maximum Gasteiger partial charge on any atom is 0.111 e. The quantitative estimate of drug-likeness (QED) is 0.722. The fourth-order valence-electron chi connectivity index (χ4n) is 2.13. The fraction of sp³-hybridized carbons (Fsp3) is 1.00. The average Bonchev–Trinajstić information content (AvgIpc) is 2.10. The molecule has 0 amide bonds. The molecule has 2 heteroatoms. The molecule has 78 valence electrons. The maximum atomic E-state index is 14.1. The minimum Gasteiger partial charge on any atom is -0.328 e. The summed E-state index contributed by atoms with van der Waals surface area (Å²) in [7, 11) is 0. The van der Waals surface area contributed by atoms with E-state index in [9.17, 15) is 4.39 Å². The van der Waals surface area contributed by atoms with Gasteiger partial charge in [0.2, 0.25) is 0 Å². The van der Waals surface area contributed by atoms with E-state index in [1.807, 2.05) is 0 Å². The second-order valence-electron chi connectivity index (χ2n) is 4.71. The Hall–Kier alpha value is -0.110. The van der Waals surface area contributed by atoms with E-state index < -0.39 is 5.67 Å². The van der Waals surface area contributed by atoms with E-state index >= 15 is 0 Å². The third-order valence-corrected chi connectivity index (χ3v) is 3.34. The third kappa shape index (κ3) is 3.26. The molecule has 2 N–H and O–H groups in total. The van der Waals surface area contributed by atoms with Gasteiger partial charge in [-0.3, -0.25) is 0 Å². The summed E-state index contributed by atoms with van der Waals surface area (Å²) >= 11 is 0. The first-order chi connectivity index (χ1) is 6.06. The predicted molar refractivity (Wildman–Crippen MR) is 54.4 cm³/mol. The molecule has 0 aromatic carbocycles. The first kappa shape index (κ1) is 11.0. The maximum absolute atomic E-state index is 14.1. The largest absolute Gasteiger partial charge is 0.328 e. The van der Waals surface area contributed by atoms with Crippen LogP contribution in [0.15, 0.2) is 0 Å². The van der Waals surface area contributed by atoms with Crippen molar-refractivity contribution in [1.29, 1.82) is 0 Å². The van der Waals surface area contributed by atoms with Gasteiger partial charge >= 0.3 is 0 Å². The Labute approximate surface area is 80.9 Å². The van der Waals surface area contributed by atoms with Crippen LogP contribution >= 0.6 is 0 Å². The molecule has 0 heterocycles. The van der Waals surface area contributed by atoms with Crippen molar-refractivity contribution in [3.8, 4) is 0 Å². The summed E-state index contributed by atoms with van der Waals surface area (Å²) < 4.78 is 14.1. The normalized spacial score (nSPS) is 37.4. The van der Waals surface area contributed by atoms with Gasteiger partial charge in [0.15, 0.2) is 0 Å². The summed E-state index contributed by atoms with van der Waals surface area (Å²) in [6, 6.07) is 0.251. The number of nitrogens with two attached hydrogens (primary N) is 1. The zero-order valence-corrected chi connectivity index (χ0v) is 8.85. The van der Waals surface area contributed by atoms with Gasteiger partial charge in [-0.25, -0.2) is 4.39 Å². The van der Waals surface area contributed by atoms with Gasteiger partial charge in [0.1, 0.15) is 5.67 Å². The van der Waals surface area contributed by atoms with Crippen LogP contribution in [-0.2, 0) is 0 Å². The lowest BCUT2D eigenvalue weighted by atomic mass is 9.78.